The number of benzene rings is 2. The van der Waals surface area contributed by atoms with Crippen LogP contribution < -0.4 is 5.32 Å². The molecular formula is C19H19NO5S. The van der Waals surface area contributed by atoms with Crippen molar-refractivity contribution in [2.45, 2.75) is 17.1 Å². The maximum atomic E-state index is 12.0. The Kier molecular flexibility index (Phi) is 7.23. The molecule has 0 aromatic heterocycles. The number of esters is 2. The van der Waals surface area contributed by atoms with Crippen LogP contribution in [0.2, 0.25) is 0 Å². The Labute approximate surface area is 155 Å². The van der Waals surface area contributed by atoms with E-state index in [2.05, 4.69) is 10.1 Å². The number of methoxy groups -OCH3 is 1. The molecule has 26 heavy (non-hydrogen) atoms. The molecule has 2 rings (SSSR count). The van der Waals surface area contributed by atoms with Crippen molar-refractivity contribution in [2.75, 3.05) is 19.0 Å². The van der Waals surface area contributed by atoms with Crippen LogP contribution in [-0.2, 0) is 19.1 Å². The molecule has 0 aliphatic heterocycles. The van der Waals surface area contributed by atoms with Gasteiger partial charge in [0.1, 0.15) is 5.25 Å². The number of carbonyl (C=O) groups excluding carboxylic acids is 3. The van der Waals surface area contributed by atoms with E-state index >= 15 is 0 Å². The van der Waals surface area contributed by atoms with Crippen molar-refractivity contribution in [3.63, 3.8) is 0 Å². The minimum absolute atomic E-state index is 0.225. The lowest BCUT2D eigenvalue weighted by Crippen LogP contribution is -2.25. The van der Waals surface area contributed by atoms with Crippen LogP contribution in [0.25, 0.3) is 0 Å². The molecule has 0 saturated carbocycles. The fraction of sp³-hybridized carbons (Fsp3) is 0.211. The molecular weight excluding hydrogens is 354 g/mol. The predicted octanol–water partition coefficient (Wildman–Crippen LogP) is 3.14. The Bertz CT molecular complexity index is 779. The van der Waals surface area contributed by atoms with E-state index in [9.17, 15) is 14.4 Å². The zero-order valence-corrected chi connectivity index (χ0v) is 15.2. The molecule has 2 aromatic rings. The van der Waals surface area contributed by atoms with Gasteiger partial charge >= 0.3 is 11.9 Å². The minimum Gasteiger partial charge on any atom is -0.465 e. The first-order valence-corrected chi connectivity index (χ1v) is 8.74. The van der Waals surface area contributed by atoms with Gasteiger partial charge in [0.05, 0.1) is 18.4 Å². The summed E-state index contributed by atoms with van der Waals surface area (Å²) in [6, 6.07) is 15.9. The predicted molar refractivity (Wildman–Crippen MR) is 99.1 cm³/mol. The van der Waals surface area contributed by atoms with Crippen LogP contribution >= 0.6 is 11.8 Å². The first-order valence-electron chi connectivity index (χ1n) is 7.86. The normalized spacial score (nSPS) is 11.3. The third-order valence-electron chi connectivity index (χ3n) is 3.34. The topological polar surface area (TPSA) is 81.7 Å². The molecule has 1 N–H and O–H groups in total. The molecule has 136 valence electrons. The molecule has 0 radical (unpaired) electrons. The van der Waals surface area contributed by atoms with Crippen LogP contribution in [0.3, 0.4) is 0 Å². The van der Waals surface area contributed by atoms with Gasteiger partial charge in [-0.2, -0.15) is 0 Å². The first kappa shape index (κ1) is 19.5. The number of hydrogen-bond acceptors (Lipinski definition) is 6. The number of thioether (sulfide) groups is 1. The SMILES string of the molecule is COC(=O)c1ccccc1NC(=O)COC(=O)[C@H](C)Sc1ccccc1. The highest BCUT2D eigenvalue weighted by Crippen LogP contribution is 2.23. The molecule has 0 spiro atoms. The summed E-state index contributed by atoms with van der Waals surface area (Å²) in [5, 5.41) is 2.09. The smallest absolute Gasteiger partial charge is 0.339 e. The standard InChI is InChI=1S/C19H19NO5S/c1-13(26-14-8-4-3-5-9-14)18(22)25-12-17(21)20-16-11-7-6-10-15(16)19(23)24-2/h3-11,13H,12H2,1-2H3,(H,20,21)/t13-/m0/s1. The lowest BCUT2D eigenvalue weighted by Gasteiger charge is -2.12. The van der Waals surface area contributed by atoms with Crippen molar-refractivity contribution in [2.24, 2.45) is 0 Å². The molecule has 6 nitrogen and oxygen atoms in total. The summed E-state index contributed by atoms with van der Waals surface area (Å²) in [6.07, 6.45) is 0. The Balaban J connectivity index is 1.87. The van der Waals surface area contributed by atoms with Gasteiger partial charge in [0.25, 0.3) is 5.91 Å². The Hall–Kier alpha value is -2.80. The Morgan fingerprint density at radius 1 is 1.04 bits per heavy atom. The van der Waals surface area contributed by atoms with Crippen molar-refractivity contribution >= 4 is 35.3 Å². The lowest BCUT2D eigenvalue weighted by atomic mass is 10.2. The van der Waals surface area contributed by atoms with E-state index in [0.29, 0.717) is 5.69 Å². The van der Waals surface area contributed by atoms with Crippen molar-refractivity contribution in [3.8, 4) is 0 Å². The van der Waals surface area contributed by atoms with Gasteiger partial charge in [-0.05, 0) is 31.2 Å². The molecule has 1 atom stereocenters. The van der Waals surface area contributed by atoms with E-state index in [1.807, 2.05) is 30.3 Å². The van der Waals surface area contributed by atoms with Crippen LogP contribution in [0.4, 0.5) is 5.69 Å². The second-order valence-corrected chi connectivity index (χ2v) is 6.68. The Morgan fingerprint density at radius 3 is 2.38 bits per heavy atom. The number of rotatable bonds is 7. The van der Waals surface area contributed by atoms with E-state index in [-0.39, 0.29) is 5.56 Å². The fourth-order valence-corrected chi connectivity index (χ4v) is 2.96. The molecule has 2 aromatic carbocycles. The zero-order chi connectivity index (χ0) is 18.9. The molecule has 0 aliphatic carbocycles. The largest absolute Gasteiger partial charge is 0.465 e. The van der Waals surface area contributed by atoms with Gasteiger partial charge in [-0.15, -0.1) is 11.8 Å². The van der Waals surface area contributed by atoms with Crippen molar-refractivity contribution in [3.05, 3.63) is 60.2 Å². The van der Waals surface area contributed by atoms with Crippen LogP contribution in [0.15, 0.2) is 59.5 Å². The number of amides is 1. The van der Waals surface area contributed by atoms with Crippen molar-refractivity contribution in [1.82, 2.24) is 0 Å². The third-order valence-corrected chi connectivity index (χ3v) is 4.43. The molecule has 0 aliphatic rings. The molecule has 1 amide bonds. The van der Waals surface area contributed by atoms with Crippen molar-refractivity contribution in [1.29, 1.82) is 0 Å². The zero-order valence-electron chi connectivity index (χ0n) is 14.4. The monoisotopic (exact) mass is 373 g/mol. The second kappa shape index (κ2) is 9.62. The van der Waals surface area contributed by atoms with Crippen LogP contribution in [0.5, 0.6) is 0 Å². The van der Waals surface area contributed by atoms with Gasteiger partial charge in [-0.1, -0.05) is 30.3 Å². The number of para-hydroxylation sites is 1. The van der Waals surface area contributed by atoms with Crippen LogP contribution in [-0.4, -0.2) is 36.8 Å². The summed E-state index contributed by atoms with van der Waals surface area (Å²) in [4.78, 5) is 36.7. The third kappa shape index (κ3) is 5.63. The summed E-state index contributed by atoms with van der Waals surface area (Å²) >= 11 is 1.35. The number of nitrogens with one attached hydrogen (secondary N) is 1. The molecule has 0 saturated heterocycles. The van der Waals surface area contributed by atoms with Gasteiger partial charge < -0.3 is 14.8 Å². The quantitative estimate of drug-likeness (QED) is 0.593. The van der Waals surface area contributed by atoms with Gasteiger partial charge in [-0.3, -0.25) is 9.59 Å². The van der Waals surface area contributed by atoms with E-state index in [4.69, 9.17) is 4.74 Å². The Morgan fingerprint density at radius 2 is 1.69 bits per heavy atom. The van der Waals surface area contributed by atoms with Gasteiger partial charge in [0.15, 0.2) is 6.61 Å². The van der Waals surface area contributed by atoms with E-state index in [0.717, 1.165) is 4.90 Å². The summed E-state index contributed by atoms with van der Waals surface area (Å²) in [5.74, 6) is -1.59. The van der Waals surface area contributed by atoms with Crippen LogP contribution in [0.1, 0.15) is 17.3 Å². The molecule has 0 unspecified atom stereocenters. The highest BCUT2D eigenvalue weighted by Gasteiger charge is 2.18. The summed E-state index contributed by atoms with van der Waals surface area (Å²) in [5.41, 5.74) is 0.523. The number of ether oxygens (including phenoxy) is 2. The molecule has 0 heterocycles. The van der Waals surface area contributed by atoms with Gasteiger partial charge in [0, 0.05) is 4.90 Å². The van der Waals surface area contributed by atoms with Crippen molar-refractivity contribution < 1.29 is 23.9 Å². The summed E-state index contributed by atoms with van der Waals surface area (Å²) in [7, 11) is 1.26. The fourth-order valence-electron chi connectivity index (χ4n) is 2.07. The average Bonchev–Trinajstić information content (AvgIpc) is 2.66. The minimum atomic E-state index is -0.564. The number of anilines is 1. The highest BCUT2D eigenvalue weighted by molar-refractivity contribution is 8.00. The summed E-state index contributed by atoms with van der Waals surface area (Å²) < 4.78 is 9.72. The first-order chi connectivity index (χ1) is 12.5. The lowest BCUT2D eigenvalue weighted by molar-refractivity contribution is -0.146. The molecule has 0 fully saturated rings. The van der Waals surface area contributed by atoms with E-state index in [1.54, 1.807) is 25.1 Å². The van der Waals surface area contributed by atoms with Gasteiger partial charge in [-0.25, -0.2) is 4.79 Å². The van der Waals surface area contributed by atoms with Crippen LogP contribution in [0, 0.1) is 0 Å². The number of carbonyl (C=O) groups is 3. The maximum absolute atomic E-state index is 12.0. The summed E-state index contributed by atoms with van der Waals surface area (Å²) in [6.45, 7) is 1.28. The highest BCUT2D eigenvalue weighted by atomic mass is 32.2. The maximum Gasteiger partial charge on any atom is 0.339 e. The van der Waals surface area contributed by atoms with E-state index in [1.165, 1.54) is 24.9 Å². The van der Waals surface area contributed by atoms with E-state index < -0.39 is 29.7 Å². The second-order valence-electron chi connectivity index (χ2n) is 5.27. The average molecular weight is 373 g/mol. The molecule has 7 heteroatoms. The molecule has 0 bridgehead atoms. The van der Waals surface area contributed by atoms with Gasteiger partial charge in [0.2, 0.25) is 0 Å². The number of hydrogen-bond donors (Lipinski definition) is 1.